The maximum absolute atomic E-state index is 15.2. The molecule has 3 amide bonds. The maximum atomic E-state index is 15.2. The van der Waals surface area contributed by atoms with E-state index in [0.29, 0.717) is 13.0 Å². The lowest BCUT2D eigenvalue weighted by Crippen LogP contribution is -2.46. The number of rotatable bonds is 5. The van der Waals surface area contributed by atoms with Crippen LogP contribution in [0.4, 0.5) is 42.5 Å². The van der Waals surface area contributed by atoms with Crippen molar-refractivity contribution in [3.05, 3.63) is 53.3 Å². The van der Waals surface area contributed by atoms with Gasteiger partial charge in [-0.3, -0.25) is 4.79 Å². The van der Waals surface area contributed by atoms with Crippen molar-refractivity contribution in [3.8, 4) is 5.75 Å². The highest BCUT2D eigenvalue weighted by atomic mass is 19.4. The van der Waals surface area contributed by atoms with E-state index in [1.807, 2.05) is 26.1 Å². The highest BCUT2D eigenvalue weighted by Gasteiger charge is 2.43. The van der Waals surface area contributed by atoms with Crippen LogP contribution in [0.1, 0.15) is 38.1 Å². The molecule has 2 aromatic rings. The van der Waals surface area contributed by atoms with Crippen molar-refractivity contribution in [2.45, 2.75) is 46.1 Å². The van der Waals surface area contributed by atoms with Gasteiger partial charge in [-0.1, -0.05) is 26.8 Å². The zero-order valence-corrected chi connectivity index (χ0v) is 19.9. The Bertz CT molecular complexity index is 1160. The van der Waals surface area contributed by atoms with Gasteiger partial charge in [-0.25, -0.2) is 28.4 Å². The van der Waals surface area contributed by atoms with Gasteiger partial charge in [-0.2, -0.15) is 13.2 Å². The molecule has 1 heterocycles. The van der Waals surface area contributed by atoms with Crippen LogP contribution in [0.15, 0.2) is 30.3 Å². The number of halogens is 6. The highest BCUT2D eigenvalue weighted by Crippen LogP contribution is 2.36. The Morgan fingerprint density at radius 2 is 1.67 bits per heavy atom. The van der Waals surface area contributed by atoms with Gasteiger partial charge in [0.1, 0.15) is 40.7 Å². The monoisotopic (exact) mass is 518 g/mol. The molecule has 13 heteroatoms. The molecule has 0 saturated carbocycles. The molecule has 0 aromatic heterocycles. The van der Waals surface area contributed by atoms with Crippen molar-refractivity contribution in [3.63, 3.8) is 0 Å². The lowest BCUT2D eigenvalue weighted by Gasteiger charge is -2.30. The average Bonchev–Trinajstić information content (AvgIpc) is 3.05. The molecule has 0 spiro atoms. The minimum atomic E-state index is -4.86. The van der Waals surface area contributed by atoms with E-state index in [1.54, 1.807) is 0 Å². The van der Waals surface area contributed by atoms with E-state index in [1.165, 1.54) is 11.9 Å². The van der Waals surface area contributed by atoms with Crippen LogP contribution in [0.2, 0.25) is 0 Å². The largest absolute Gasteiger partial charge is 0.480 e. The van der Waals surface area contributed by atoms with Gasteiger partial charge in [0, 0.05) is 13.1 Å². The third kappa shape index (κ3) is 5.35. The predicted octanol–water partition coefficient (Wildman–Crippen LogP) is 5.43. The van der Waals surface area contributed by atoms with Gasteiger partial charge in [-0.15, -0.1) is 0 Å². The summed E-state index contributed by atoms with van der Waals surface area (Å²) in [6.07, 6.45) is -7.91. The molecular formula is C23H24F6N4O3. The van der Waals surface area contributed by atoms with E-state index in [0.717, 1.165) is 29.3 Å². The van der Waals surface area contributed by atoms with Crippen LogP contribution in [0.5, 0.6) is 5.75 Å². The van der Waals surface area contributed by atoms with Gasteiger partial charge in [0.25, 0.3) is 5.91 Å². The second-order valence-corrected chi connectivity index (χ2v) is 9.28. The van der Waals surface area contributed by atoms with Crippen LogP contribution in [0.25, 0.3) is 0 Å². The fraction of sp³-hybridized carbons (Fsp3) is 0.391. The molecule has 36 heavy (non-hydrogen) atoms. The summed E-state index contributed by atoms with van der Waals surface area (Å²) < 4.78 is 87.7. The number of hydrazine groups is 1. The number of hydrogen-bond donors (Lipinski definition) is 2. The number of alkyl halides is 3. The highest BCUT2D eigenvalue weighted by molar-refractivity contribution is 6.07. The SMILES string of the molecule is C[C@H](Oc1cc(N2NC(C(C)(C)C)N(C)C2=O)c(F)cc1C(=O)Nc1c(F)cccc1F)C(F)(F)F. The topological polar surface area (TPSA) is 73.9 Å². The molecule has 0 radical (unpaired) electrons. The molecule has 1 aliphatic heterocycles. The number of nitrogens with zero attached hydrogens (tertiary/aromatic N) is 2. The first-order valence-electron chi connectivity index (χ1n) is 10.7. The van der Waals surface area contributed by atoms with Crippen molar-refractivity contribution >= 4 is 23.3 Å². The fourth-order valence-electron chi connectivity index (χ4n) is 3.52. The number of carbonyl (C=O) groups excluding carboxylic acids is 2. The maximum Gasteiger partial charge on any atom is 0.425 e. The number of urea groups is 1. The molecule has 7 nitrogen and oxygen atoms in total. The first-order chi connectivity index (χ1) is 16.5. The van der Waals surface area contributed by atoms with Crippen molar-refractivity contribution in [1.82, 2.24) is 10.3 Å². The summed E-state index contributed by atoms with van der Waals surface area (Å²) >= 11 is 0. The third-order valence-corrected chi connectivity index (χ3v) is 5.45. The summed E-state index contributed by atoms with van der Waals surface area (Å²) in [5.74, 6) is -5.59. The van der Waals surface area contributed by atoms with Crippen LogP contribution in [-0.2, 0) is 0 Å². The zero-order valence-electron chi connectivity index (χ0n) is 19.9. The van der Waals surface area contributed by atoms with Crippen molar-refractivity contribution in [1.29, 1.82) is 0 Å². The van der Waals surface area contributed by atoms with Gasteiger partial charge in [0.15, 0.2) is 6.10 Å². The second-order valence-electron chi connectivity index (χ2n) is 9.28. The lowest BCUT2D eigenvalue weighted by molar-refractivity contribution is -0.189. The summed E-state index contributed by atoms with van der Waals surface area (Å²) in [6, 6.07) is 3.29. The molecule has 2 aromatic carbocycles. The van der Waals surface area contributed by atoms with E-state index in [9.17, 15) is 31.5 Å². The Morgan fingerprint density at radius 3 is 2.17 bits per heavy atom. The van der Waals surface area contributed by atoms with E-state index in [4.69, 9.17) is 4.74 Å². The number of anilines is 2. The number of amides is 3. The van der Waals surface area contributed by atoms with Crippen LogP contribution >= 0.6 is 0 Å². The molecule has 196 valence electrons. The summed E-state index contributed by atoms with van der Waals surface area (Å²) in [5, 5.41) is 2.67. The molecular weight excluding hydrogens is 494 g/mol. The average molecular weight is 518 g/mol. The normalized spacial score (nSPS) is 17.4. The van der Waals surface area contributed by atoms with Gasteiger partial charge < -0.3 is 15.0 Å². The van der Waals surface area contributed by atoms with Crippen molar-refractivity contribution in [2.24, 2.45) is 5.41 Å². The van der Waals surface area contributed by atoms with Crippen LogP contribution in [0.3, 0.4) is 0 Å². The van der Waals surface area contributed by atoms with Crippen LogP contribution in [0, 0.1) is 22.9 Å². The molecule has 1 saturated heterocycles. The Morgan fingerprint density at radius 1 is 1.08 bits per heavy atom. The number of hydrogen-bond acceptors (Lipinski definition) is 4. The van der Waals surface area contributed by atoms with Crippen LogP contribution in [-0.4, -0.2) is 42.3 Å². The zero-order chi connectivity index (χ0) is 27.2. The Balaban J connectivity index is 2.07. The van der Waals surface area contributed by atoms with Crippen molar-refractivity contribution in [2.75, 3.05) is 17.4 Å². The van der Waals surface area contributed by atoms with Crippen molar-refractivity contribution < 1.29 is 40.7 Å². The molecule has 3 rings (SSSR count). The van der Waals surface area contributed by atoms with Gasteiger partial charge in [0.05, 0.1) is 5.56 Å². The summed E-state index contributed by atoms with van der Waals surface area (Å²) in [4.78, 5) is 26.8. The number of ether oxygens (including phenoxy) is 1. The third-order valence-electron chi connectivity index (χ3n) is 5.45. The minimum Gasteiger partial charge on any atom is -0.480 e. The Hall–Kier alpha value is -3.48. The van der Waals surface area contributed by atoms with Gasteiger partial charge >= 0.3 is 12.2 Å². The quantitative estimate of drug-likeness (QED) is 0.518. The standard InChI is InChI=1S/C23H24F6N4O3/c1-11(23(27,28)29)36-17-10-16(33-21(35)32(5)20(31-33)22(2,3)4)15(26)9-12(17)19(34)30-18-13(24)7-6-8-14(18)25/h6-11,20,31H,1-5H3,(H,30,34)/t11-,20?/m0/s1. The molecule has 0 bridgehead atoms. The van der Waals surface area contributed by atoms with Crippen LogP contribution < -0.4 is 20.5 Å². The lowest BCUT2D eigenvalue weighted by atomic mass is 9.92. The molecule has 2 N–H and O–H groups in total. The molecule has 1 fully saturated rings. The Labute approximate surface area is 203 Å². The summed E-state index contributed by atoms with van der Waals surface area (Å²) in [6.45, 7) is 6.08. The summed E-state index contributed by atoms with van der Waals surface area (Å²) in [5.41, 5.74) is 0.109. The molecule has 1 aliphatic rings. The Kier molecular flexibility index (Phi) is 7.17. The second kappa shape index (κ2) is 9.52. The summed E-state index contributed by atoms with van der Waals surface area (Å²) in [7, 11) is 1.46. The van der Waals surface area contributed by atoms with E-state index in [2.05, 4.69) is 5.43 Å². The van der Waals surface area contributed by atoms with E-state index in [-0.39, 0.29) is 0 Å². The van der Waals surface area contributed by atoms with Gasteiger partial charge in [0.2, 0.25) is 0 Å². The van der Waals surface area contributed by atoms with E-state index >= 15 is 4.39 Å². The molecule has 1 unspecified atom stereocenters. The number of benzene rings is 2. The first kappa shape index (κ1) is 27.1. The predicted molar refractivity (Wildman–Crippen MR) is 119 cm³/mol. The van der Waals surface area contributed by atoms with E-state index < -0.39 is 75.9 Å². The molecule has 0 aliphatic carbocycles. The molecule has 2 atom stereocenters. The minimum absolute atomic E-state index is 0.510. The number of para-hydroxylation sites is 1. The number of nitrogens with one attached hydrogen (secondary N) is 2. The fourth-order valence-corrected chi connectivity index (χ4v) is 3.52. The first-order valence-corrected chi connectivity index (χ1v) is 10.7. The number of carbonyl (C=O) groups is 2. The van der Waals surface area contributed by atoms with Gasteiger partial charge in [-0.05, 0) is 30.5 Å². The smallest absolute Gasteiger partial charge is 0.425 e.